The Bertz CT molecular complexity index is 1340. The first-order valence-corrected chi connectivity index (χ1v) is 17.5. The fourth-order valence-electron chi connectivity index (χ4n) is 4.91. The van der Waals surface area contributed by atoms with E-state index in [1.165, 1.54) is 13.8 Å². The second-order valence-corrected chi connectivity index (χ2v) is 14.7. The Morgan fingerprint density at radius 1 is 1.04 bits per heavy atom. The first-order valence-electron chi connectivity index (χ1n) is 14.1. The molecule has 1 aromatic rings. The van der Waals surface area contributed by atoms with E-state index in [9.17, 15) is 48.1 Å². The third kappa shape index (κ3) is 10.6. The van der Waals surface area contributed by atoms with Crippen LogP contribution < -0.4 is 10.6 Å². The van der Waals surface area contributed by atoms with Gasteiger partial charge in [-0.1, -0.05) is 30.3 Å². The molecule has 10 atom stereocenters. The van der Waals surface area contributed by atoms with E-state index in [0.717, 1.165) is 6.92 Å². The van der Waals surface area contributed by atoms with Gasteiger partial charge < -0.3 is 54.5 Å². The lowest BCUT2D eigenvalue weighted by Crippen LogP contribution is -2.68. The summed E-state index contributed by atoms with van der Waals surface area (Å²) in [5.74, 6) is -7.32. The molecule has 2 aliphatic heterocycles. The van der Waals surface area contributed by atoms with Crippen LogP contribution >= 0.6 is 15.2 Å². The zero-order valence-corrected chi connectivity index (χ0v) is 26.8. The Labute approximate surface area is 263 Å². The molecule has 46 heavy (non-hydrogen) atoms. The van der Waals surface area contributed by atoms with Crippen LogP contribution in [0.2, 0.25) is 0 Å². The number of rotatable bonds is 15. The van der Waals surface area contributed by atoms with Crippen molar-refractivity contribution in [3.8, 4) is 0 Å². The number of hydrogen-bond acceptors (Lipinski definition) is 11. The molecule has 0 spiro atoms. The molecule has 0 saturated carbocycles. The minimum Gasteiger partial charge on any atom is -0.481 e. The molecule has 7 N–H and O–H groups in total. The Hall–Kier alpha value is -2.76. The number of carbonyl (C=O) groups is 4. The van der Waals surface area contributed by atoms with Gasteiger partial charge in [-0.25, -0.2) is 4.57 Å². The summed E-state index contributed by atoms with van der Waals surface area (Å²) in [5.41, 5.74) is 0.603. The van der Waals surface area contributed by atoms with Gasteiger partial charge >= 0.3 is 19.8 Å². The maximum absolute atomic E-state index is 13.2. The largest absolute Gasteiger partial charge is 0.481 e. The summed E-state index contributed by atoms with van der Waals surface area (Å²) in [4.78, 5) is 77.4. The van der Waals surface area contributed by atoms with Crippen molar-refractivity contribution in [2.45, 2.75) is 82.4 Å². The predicted molar refractivity (Wildman–Crippen MR) is 154 cm³/mol. The third-order valence-corrected chi connectivity index (χ3v) is 10.0. The van der Waals surface area contributed by atoms with Crippen molar-refractivity contribution in [3.05, 3.63) is 35.9 Å². The van der Waals surface area contributed by atoms with Gasteiger partial charge in [0.2, 0.25) is 19.2 Å². The number of ether oxygens (including phenoxy) is 4. The van der Waals surface area contributed by atoms with Gasteiger partial charge in [0.25, 0.3) is 0 Å². The number of hydrogen-bond donors (Lipinski definition) is 7. The van der Waals surface area contributed by atoms with E-state index >= 15 is 0 Å². The van der Waals surface area contributed by atoms with Crippen LogP contribution in [0.15, 0.2) is 30.3 Å². The van der Waals surface area contributed by atoms with E-state index in [0.29, 0.717) is 5.56 Å². The zero-order chi connectivity index (χ0) is 34.4. The molecule has 0 bridgehead atoms. The number of carbonyl (C=O) groups excluding carboxylic acids is 2. The van der Waals surface area contributed by atoms with Crippen LogP contribution in [0.4, 0.5) is 0 Å². The fraction of sp³-hybridized carbons (Fsp3) is 0.615. The minimum atomic E-state index is -5.20. The first kappa shape index (κ1) is 37.7. The van der Waals surface area contributed by atoms with Crippen LogP contribution in [0, 0.1) is 5.92 Å². The van der Waals surface area contributed by atoms with Gasteiger partial charge in [-0.2, -0.15) is 0 Å². The highest BCUT2D eigenvalue weighted by atomic mass is 31.2. The number of phosphoric ester groups is 1. The number of fused-ring (bicyclic) bond motifs is 1. The number of phosphoric acid groups is 1. The second-order valence-electron chi connectivity index (χ2n) is 10.9. The van der Waals surface area contributed by atoms with Crippen molar-refractivity contribution in [2.24, 2.45) is 5.92 Å². The van der Waals surface area contributed by atoms with Gasteiger partial charge in [0.05, 0.1) is 12.5 Å². The number of amides is 2. The lowest BCUT2D eigenvalue weighted by atomic mass is 9.95. The summed E-state index contributed by atoms with van der Waals surface area (Å²) >= 11 is 0. The van der Waals surface area contributed by atoms with Crippen LogP contribution in [-0.4, -0.2) is 104 Å². The van der Waals surface area contributed by atoms with Gasteiger partial charge in [0.1, 0.15) is 36.2 Å². The zero-order valence-electron chi connectivity index (χ0n) is 25.0. The summed E-state index contributed by atoms with van der Waals surface area (Å²) in [6.45, 7) is 3.38. The quantitative estimate of drug-likeness (QED) is 0.123. The van der Waals surface area contributed by atoms with Crippen LogP contribution in [0.25, 0.3) is 0 Å². The van der Waals surface area contributed by atoms with Gasteiger partial charge in [-0.3, -0.25) is 28.3 Å². The van der Waals surface area contributed by atoms with Crippen LogP contribution in [0.1, 0.15) is 45.5 Å². The summed E-state index contributed by atoms with van der Waals surface area (Å²) in [7, 11) is -9.60. The predicted octanol–water partition coefficient (Wildman–Crippen LogP) is 0.511. The van der Waals surface area contributed by atoms with E-state index in [-0.39, 0.29) is 6.61 Å². The van der Waals surface area contributed by atoms with Crippen molar-refractivity contribution >= 4 is 38.9 Å². The maximum atomic E-state index is 13.2. The lowest BCUT2D eigenvalue weighted by molar-refractivity contribution is -0.341. The summed E-state index contributed by atoms with van der Waals surface area (Å²) in [6, 6.07) is 7.24. The summed E-state index contributed by atoms with van der Waals surface area (Å²) in [6.07, 6.45) is -9.48. The average molecular weight is 697 g/mol. The number of benzene rings is 1. The SMILES string of the molecule is CC(=O)NC1C(OP(=O)(O)O)OC2COC(c3ccccc3)OC2C1O[C@H](C)C(=O)N[C@@H](C)P(=O)(O)CC(CCC(=O)O)C(=O)O. The average Bonchev–Trinajstić information content (AvgIpc) is 2.95. The van der Waals surface area contributed by atoms with E-state index in [4.69, 9.17) is 28.6 Å². The molecule has 2 aliphatic rings. The molecule has 20 heteroatoms. The van der Waals surface area contributed by atoms with Gasteiger partial charge in [-0.05, 0) is 20.3 Å². The molecule has 0 aromatic heterocycles. The minimum absolute atomic E-state index is 0.171. The van der Waals surface area contributed by atoms with Crippen molar-refractivity contribution in [3.63, 3.8) is 0 Å². The topological polar surface area (TPSA) is 274 Å². The van der Waals surface area contributed by atoms with E-state index in [1.807, 2.05) is 0 Å². The fourth-order valence-corrected chi connectivity index (χ4v) is 6.98. The van der Waals surface area contributed by atoms with Crippen molar-refractivity contribution in [2.75, 3.05) is 12.8 Å². The van der Waals surface area contributed by atoms with Gasteiger partial charge in [-0.15, -0.1) is 0 Å². The Morgan fingerprint density at radius 2 is 1.70 bits per heavy atom. The van der Waals surface area contributed by atoms with Crippen molar-refractivity contribution in [1.29, 1.82) is 0 Å². The van der Waals surface area contributed by atoms with E-state index in [2.05, 4.69) is 10.6 Å². The van der Waals surface area contributed by atoms with Gasteiger partial charge in [0.15, 0.2) is 12.6 Å². The molecule has 0 aliphatic carbocycles. The summed E-state index contributed by atoms with van der Waals surface area (Å²) in [5, 5.41) is 23.0. The first-order chi connectivity index (χ1) is 21.4. The van der Waals surface area contributed by atoms with Crippen LogP contribution in [0.5, 0.6) is 0 Å². The maximum Gasteiger partial charge on any atom is 0.472 e. The number of nitrogens with one attached hydrogen (secondary N) is 2. The molecule has 18 nitrogen and oxygen atoms in total. The second kappa shape index (κ2) is 15.9. The number of aliphatic carboxylic acids is 2. The molecular formula is C26H38N2O16P2. The number of carboxylic acid groups (broad SMARTS) is 2. The molecule has 1 aromatic carbocycles. The third-order valence-electron chi connectivity index (χ3n) is 7.25. The summed E-state index contributed by atoms with van der Waals surface area (Å²) < 4.78 is 53.2. The smallest absolute Gasteiger partial charge is 0.472 e. The Kier molecular flexibility index (Phi) is 13.0. The molecule has 3 rings (SSSR count). The molecule has 2 saturated heterocycles. The van der Waals surface area contributed by atoms with Crippen LogP contribution in [-0.2, 0) is 51.8 Å². The molecule has 0 radical (unpaired) electrons. The monoisotopic (exact) mass is 696 g/mol. The molecule has 2 heterocycles. The molecular weight excluding hydrogens is 658 g/mol. The van der Waals surface area contributed by atoms with Gasteiger partial charge in [0, 0.05) is 25.1 Å². The van der Waals surface area contributed by atoms with Crippen molar-refractivity contribution < 1.29 is 76.7 Å². The lowest BCUT2D eigenvalue weighted by Gasteiger charge is -2.49. The molecule has 258 valence electrons. The van der Waals surface area contributed by atoms with E-state index < -0.39 is 113 Å². The Balaban J connectivity index is 1.83. The highest BCUT2D eigenvalue weighted by Gasteiger charge is 2.53. The molecule has 8 unspecified atom stereocenters. The Morgan fingerprint density at radius 3 is 2.26 bits per heavy atom. The standard InChI is InChI=1S/C26H38N2O16P2/c1-13(23(32)28-15(3)45(35,36)12-17(24(33)34)9-10-19(30)31)41-22-20(27-14(2)29)26(44-46(37,38)39)42-18-11-40-25(43-21(18)22)16-7-5-4-6-8-16/h4-8,13,15,17-18,20-22,25-26H,9-12H2,1-3H3,(H,27,29)(H,28,32)(H,30,31)(H,33,34)(H,35,36)(H2,37,38,39)/t13-,15-,17?,18?,20?,21?,22?,25?,26?/m1/s1. The molecule has 2 fully saturated rings. The van der Waals surface area contributed by atoms with E-state index in [1.54, 1.807) is 30.3 Å². The number of carboxylic acids is 2. The highest BCUT2D eigenvalue weighted by molar-refractivity contribution is 7.58. The molecule has 2 amide bonds. The van der Waals surface area contributed by atoms with Crippen LogP contribution in [0.3, 0.4) is 0 Å². The van der Waals surface area contributed by atoms with Crippen molar-refractivity contribution in [1.82, 2.24) is 10.6 Å². The highest BCUT2D eigenvalue weighted by Crippen LogP contribution is 2.47. The normalized spacial score (nSPS) is 28.0.